The highest BCUT2D eigenvalue weighted by molar-refractivity contribution is 7.98. The van der Waals surface area contributed by atoms with E-state index in [1.807, 2.05) is 30.3 Å². The predicted octanol–water partition coefficient (Wildman–Crippen LogP) is 5.39. The van der Waals surface area contributed by atoms with Gasteiger partial charge in [-0.3, -0.25) is 9.69 Å². The number of piperidine rings is 1. The van der Waals surface area contributed by atoms with E-state index in [1.54, 1.807) is 17.8 Å². The Balaban J connectivity index is 1.33. The molecule has 1 N–H and O–H groups in total. The number of rotatable bonds is 8. The number of amides is 1. The van der Waals surface area contributed by atoms with Crippen molar-refractivity contribution in [2.45, 2.75) is 25.1 Å². The van der Waals surface area contributed by atoms with E-state index in [-0.39, 0.29) is 17.6 Å². The Morgan fingerprint density at radius 2 is 1.79 bits per heavy atom. The second-order valence-electron chi connectivity index (χ2n) is 7.19. The molecule has 0 saturated carbocycles. The third-order valence-electron chi connectivity index (χ3n) is 5.16. The van der Waals surface area contributed by atoms with Gasteiger partial charge in [-0.15, -0.1) is 0 Å². The van der Waals surface area contributed by atoms with Crippen molar-refractivity contribution < 1.29 is 9.18 Å². The number of carbonyl (C=O) groups excluding carboxylic acids is 1. The lowest BCUT2D eigenvalue weighted by atomic mass is 9.95. The van der Waals surface area contributed by atoms with Crippen LogP contribution in [0.5, 0.6) is 0 Å². The molecule has 0 atom stereocenters. The van der Waals surface area contributed by atoms with Crippen LogP contribution in [0.3, 0.4) is 0 Å². The predicted molar refractivity (Wildman–Crippen MR) is 120 cm³/mol. The highest BCUT2D eigenvalue weighted by Crippen LogP contribution is 2.28. The number of thioether (sulfide) groups is 1. The zero-order valence-corrected chi connectivity index (χ0v) is 18.5. The van der Waals surface area contributed by atoms with E-state index < -0.39 is 0 Å². The Labute approximate surface area is 185 Å². The van der Waals surface area contributed by atoms with Crippen LogP contribution in [0.25, 0.3) is 0 Å². The molecule has 0 bridgehead atoms. The van der Waals surface area contributed by atoms with E-state index in [9.17, 15) is 9.18 Å². The normalized spacial score (nSPS) is 15.4. The molecule has 29 heavy (non-hydrogen) atoms. The van der Waals surface area contributed by atoms with Crippen molar-refractivity contribution in [1.29, 1.82) is 0 Å². The lowest BCUT2D eigenvalue weighted by Gasteiger charge is -2.31. The fourth-order valence-corrected chi connectivity index (χ4v) is 5.05. The number of hydrogen-bond donors (Lipinski definition) is 1. The van der Waals surface area contributed by atoms with Crippen LogP contribution in [0.1, 0.15) is 24.0 Å². The Hall–Kier alpha value is -1.27. The summed E-state index contributed by atoms with van der Waals surface area (Å²) in [5, 5.41) is 4.39. The van der Waals surface area contributed by atoms with Crippen LogP contribution in [0.15, 0.2) is 42.5 Å². The zero-order valence-electron chi connectivity index (χ0n) is 16.2. The van der Waals surface area contributed by atoms with E-state index in [0.717, 1.165) is 43.0 Å². The van der Waals surface area contributed by atoms with Crippen molar-refractivity contribution in [1.82, 2.24) is 10.2 Å². The van der Waals surface area contributed by atoms with Crippen molar-refractivity contribution in [2.75, 3.05) is 25.4 Å². The van der Waals surface area contributed by atoms with Gasteiger partial charge in [0.1, 0.15) is 5.82 Å². The van der Waals surface area contributed by atoms with Crippen LogP contribution in [0.4, 0.5) is 4.39 Å². The fourth-order valence-electron chi connectivity index (χ4n) is 3.46. The number of carbonyl (C=O) groups is 1. The van der Waals surface area contributed by atoms with Crippen molar-refractivity contribution in [2.24, 2.45) is 5.92 Å². The molecule has 1 saturated heterocycles. The minimum absolute atomic E-state index is 0.0369. The summed E-state index contributed by atoms with van der Waals surface area (Å²) in [4.78, 5) is 14.6. The molecule has 0 aliphatic carbocycles. The molecule has 2 aromatic rings. The molecular weight excluding hydrogens is 430 g/mol. The molecular formula is C22H25Cl2FN2OS. The number of hydrogen-bond acceptors (Lipinski definition) is 3. The maximum atomic E-state index is 13.8. The minimum atomic E-state index is -0.164. The average Bonchev–Trinajstić information content (AvgIpc) is 2.72. The van der Waals surface area contributed by atoms with E-state index in [1.165, 1.54) is 6.07 Å². The maximum absolute atomic E-state index is 13.8. The first-order valence-electron chi connectivity index (χ1n) is 9.78. The molecule has 156 valence electrons. The lowest BCUT2D eigenvalue weighted by Crippen LogP contribution is -2.40. The van der Waals surface area contributed by atoms with Crippen molar-refractivity contribution in [3.63, 3.8) is 0 Å². The summed E-state index contributed by atoms with van der Waals surface area (Å²) in [7, 11) is 0. The van der Waals surface area contributed by atoms with Gasteiger partial charge in [-0.1, -0.05) is 47.5 Å². The third-order valence-corrected chi connectivity index (χ3v) is 6.86. The molecule has 7 heteroatoms. The summed E-state index contributed by atoms with van der Waals surface area (Å²) in [6.07, 6.45) is 1.62. The molecule has 1 amide bonds. The van der Waals surface area contributed by atoms with Crippen LogP contribution in [-0.2, 0) is 17.1 Å². The van der Waals surface area contributed by atoms with Gasteiger partial charge < -0.3 is 5.32 Å². The summed E-state index contributed by atoms with van der Waals surface area (Å²) in [5.74, 6) is 1.52. The minimum Gasteiger partial charge on any atom is -0.355 e. The van der Waals surface area contributed by atoms with Gasteiger partial charge in [-0.25, -0.2) is 4.39 Å². The fraction of sp³-hybridized carbons (Fsp3) is 0.409. The number of nitrogens with zero attached hydrogens (tertiary/aromatic N) is 1. The van der Waals surface area contributed by atoms with E-state index in [0.29, 0.717) is 28.7 Å². The first-order chi connectivity index (χ1) is 14.0. The van der Waals surface area contributed by atoms with Gasteiger partial charge in [0.15, 0.2) is 0 Å². The molecule has 1 heterocycles. The Morgan fingerprint density at radius 3 is 2.48 bits per heavy atom. The SMILES string of the molecule is O=C(NCCSCc1c(Cl)cccc1Cl)C1CCN(Cc2ccccc2F)CC1. The smallest absolute Gasteiger partial charge is 0.223 e. The second kappa shape index (κ2) is 11.2. The Kier molecular flexibility index (Phi) is 8.67. The number of benzene rings is 2. The topological polar surface area (TPSA) is 32.3 Å². The van der Waals surface area contributed by atoms with Gasteiger partial charge in [0, 0.05) is 46.1 Å². The standard InChI is InChI=1S/C22H25Cl2FN2OS/c23-19-5-3-6-20(24)18(19)15-29-13-10-26-22(28)16-8-11-27(12-9-16)14-17-4-1-2-7-21(17)25/h1-7,16H,8-15H2,(H,26,28). The summed E-state index contributed by atoms with van der Waals surface area (Å²) < 4.78 is 13.8. The van der Waals surface area contributed by atoms with Crippen molar-refractivity contribution in [3.05, 3.63) is 69.5 Å². The lowest BCUT2D eigenvalue weighted by molar-refractivity contribution is -0.126. The summed E-state index contributed by atoms with van der Waals surface area (Å²) >= 11 is 14.0. The molecule has 1 fully saturated rings. The molecule has 0 aromatic heterocycles. The summed E-state index contributed by atoms with van der Waals surface area (Å²) in [6.45, 7) is 2.85. The number of likely N-dealkylation sites (tertiary alicyclic amines) is 1. The molecule has 3 nitrogen and oxygen atoms in total. The number of halogens is 3. The van der Waals surface area contributed by atoms with Crippen LogP contribution < -0.4 is 5.32 Å². The van der Waals surface area contributed by atoms with Crippen LogP contribution in [0, 0.1) is 11.7 Å². The van der Waals surface area contributed by atoms with E-state index >= 15 is 0 Å². The van der Waals surface area contributed by atoms with Crippen LogP contribution in [-0.4, -0.2) is 36.2 Å². The molecule has 1 aliphatic rings. The molecule has 3 rings (SSSR count). The Bertz CT molecular complexity index is 808. The van der Waals surface area contributed by atoms with E-state index in [4.69, 9.17) is 23.2 Å². The molecule has 2 aromatic carbocycles. The van der Waals surface area contributed by atoms with Gasteiger partial charge in [0.25, 0.3) is 0 Å². The highest BCUT2D eigenvalue weighted by atomic mass is 35.5. The maximum Gasteiger partial charge on any atom is 0.223 e. The molecule has 0 radical (unpaired) electrons. The molecule has 1 aliphatic heterocycles. The van der Waals surface area contributed by atoms with Crippen LogP contribution >= 0.6 is 35.0 Å². The molecule has 0 spiro atoms. The molecule has 0 unspecified atom stereocenters. The van der Waals surface area contributed by atoms with E-state index in [2.05, 4.69) is 10.2 Å². The monoisotopic (exact) mass is 454 g/mol. The van der Waals surface area contributed by atoms with Crippen LogP contribution in [0.2, 0.25) is 10.0 Å². The first-order valence-corrected chi connectivity index (χ1v) is 11.7. The van der Waals surface area contributed by atoms with Crippen molar-refractivity contribution in [3.8, 4) is 0 Å². The second-order valence-corrected chi connectivity index (χ2v) is 9.11. The Morgan fingerprint density at radius 1 is 1.10 bits per heavy atom. The first kappa shape index (κ1) is 22.4. The summed E-state index contributed by atoms with van der Waals surface area (Å²) in [5.41, 5.74) is 1.65. The average molecular weight is 455 g/mol. The van der Waals surface area contributed by atoms with Gasteiger partial charge in [-0.2, -0.15) is 11.8 Å². The summed E-state index contributed by atoms with van der Waals surface area (Å²) in [6, 6.07) is 12.4. The quantitative estimate of drug-likeness (QED) is 0.542. The zero-order chi connectivity index (χ0) is 20.6. The van der Waals surface area contributed by atoms with Gasteiger partial charge in [0.05, 0.1) is 0 Å². The largest absolute Gasteiger partial charge is 0.355 e. The van der Waals surface area contributed by atoms with Gasteiger partial charge in [0.2, 0.25) is 5.91 Å². The number of nitrogens with one attached hydrogen (secondary N) is 1. The highest BCUT2D eigenvalue weighted by Gasteiger charge is 2.25. The van der Waals surface area contributed by atoms with Gasteiger partial charge >= 0.3 is 0 Å². The third kappa shape index (κ3) is 6.61. The van der Waals surface area contributed by atoms with Gasteiger partial charge in [-0.05, 0) is 49.7 Å². The van der Waals surface area contributed by atoms with Crippen molar-refractivity contribution >= 4 is 40.9 Å².